The number of amides is 2. The van der Waals surface area contributed by atoms with Crippen LogP contribution in [0.1, 0.15) is 56.9 Å². The smallest absolute Gasteiger partial charge is 0.314 e. The lowest BCUT2D eigenvalue weighted by molar-refractivity contribution is 0.00719. The summed E-state index contributed by atoms with van der Waals surface area (Å²) in [4.78, 5) is 14.5. The van der Waals surface area contributed by atoms with Gasteiger partial charge in [-0.3, -0.25) is 4.90 Å². The molecule has 0 aromatic heterocycles. The van der Waals surface area contributed by atoms with E-state index in [0.29, 0.717) is 19.0 Å². The number of nitrogens with zero attached hydrogens (tertiary/aromatic N) is 1. The molecule has 0 atom stereocenters. The molecule has 3 rings (SSSR count). The molecule has 2 aliphatic rings. The maximum absolute atomic E-state index is 12.0. The second-order valence-corrected chi connectivity index (χ2v) is 8.39. The summed E-state index contributed by atoms with van der Waals surface area (Å²) in [6.07, 6.45) is 8.36. The molecule has 1 heterocycles. The third kappa shape index (κ3) is 6.82. The van der Waals surface area contributed by atoms with Crippen molar-refractivity contribution in [3.63, 3.8) is 0 Å². The van der Waals surface area contributed by atoms with E-state index in [0.717, 1.165) is 51.7 Å². The lowest BCUT2D eigenvalue weighted by atomic mass is 9.85. The molecule has 150 valence electrons. The maximum atomic E-state index is 12.0. The lowest BCUT2D eigenvalue weighted by Gasteiger charge is -2.32. The third-order valence-electron chi connectivity index (χ3n) is 6.16. The van der Waals surface area contributed by atoms with E-state index in [1.807, 2.05) is 0 Å². The Hall–Kier alpha value is -1.59. The highest BCUT2D eigenvalue weighted by Crippen LogP contribution is 2.27. The van der Waals surface area contributed by atoms with Crippen LogP contribution in [-0.2, 0) is 6.54 Å². The first-order valence-electron chi connectivity index (χ1n) is 10.6. The second-order valence-electron chi connectivity index (χ2n) is 8.39. The van der Waals surface area contributed by atoms with Gasteiger partial charge in [-0.25, -0.2) is 4.79 Å². The molecule has 2 amide bonds. The first-order valence-corrected chi connectivity index (χ1v) is 10.6. The van der Waals surface area contributed by atoms with Crippen LogP contribution in [0.5, 0.6) is 0 Å². The summed E-state index contributed by atoms with van der Waals surface area (Å²) in [5, 5.41) is 16.3. The molecule has 5 nitrogen and oxygen atoms in total. The van der Waals surface area contributed by atoms with Gasteiger partial charge in [0.1, 0.15) is 0 Å². The highest BCUT2D eigenvalue weighted by molar-refractivity contribution is 5.73. The summed E-state index contributed by atoms with van der Waals surface area (Å²) < 4.78 is 0. The van der Waals surface area contributed by atoms with Crippen molar-refractivity contribution in [2.24, 2.45) is 5.92 Å². The number of rotatable bonds is 7. The van der Waals surface area contributed by atoms with E-state index in [2.05, 4.69) is 45.9 Å². The first-order chi connectivity index (χ1) is 13.1. The summed E-state index contributed by atoms with van der Waals surface area (Å²) >= 11 is 0. The zero-order valence-electron chi connectivity index (χ0n) is 16.5. The van der Waals surface area contributed by atoms with Gasteiger partial charge < -0.3 is 15.7 Å². The molecule has 27 heavy (non-hydrogen) atoms. The minimum Gasteiger partial charge on any atom is -0.388 e. The molecule has 2 fully saturated rings. The molecule has 1 aromatic carbocycles. The van der Waals surface area contributed by atoms with Crippen molar-refractivity contribution in [3.05, 3.63) is 35.9 Å². The number of carbonyl (C=O) groups is 1. The van der Waals surface area contributed by atoms with Crippen molar-refractivity contribution in [3.8, 4) is 0 Å². The van der Waals surface area contributed by atoms with Gasteiger partial charge in [-0.05, 0) is 56.7 Å². The second kappa shape index (κ2) is 10.1. The van der Waals surface area contributed by atoms with Gasteiger partial charge >= 0.3 is 6.03 Å². The number of piperidine rings is 1. The number of likely N-dealkylation sites (tertiary alicyclic amines) is 1. The topological polar surface area (TPSA) is 64.6 Å². The van der Waals surface area contributed by atoms with Gasteiger partial charge in [-0.15, -0.1) is 0 Å². The van der Waals surface area contributed by atoms with Crippen LogP contribution < -0.4 is 10.6 Å². The molecule has 0 unspecified atom stereocenters. The van der Waals surface area contributed by atoms with Gasteiger partial charge in [-0.1, -0.05) is 49.6 Å². The Labute approximate surface area is 163 Å². The predicted octanol–water partition coefficient (Wildman–Crippen LogP) is 3.28. The van der Waals surface area contributed by atoms with Crippen molar-refractivity contribution < 1.29 is 9.90 Å². The molecule has 0 spiro atoms. The van der Waals surface area contributed by atoms with Crippen molar-refractivity contribution in [1.29, 1.82) is 0 Å². The van der Waals surface area contributed by atoms with E-state index in [1.165, 1.54) is 24.8 Å². The number of urea groups is 1. The molecule has 5 heteroatoms. The summed E-state index contributed by atoms with van der Waals surface area (Å²) in [6, 6.07) is 10.5. The van der Waals surface area contributed by atoms with Gasteiger partial charge in [0.05, 0.1) is 5.60 Å². The molecule has 1 saturated carbocycles. The number of hydrogen-bond acceptors (Lipinski definition) is 3. The van der Waals surface area contributed by atoms with E-state index in [4.69, 9.17) is 0 Å². The number of carbonyl (C=O) groups excluding carboxylic acids is 1. The van der Waals surface area contributed by atoms with Gasteiger partial charge in [-0.2, -0.15) is 0 Å². The van der Waals surface area contributed by atoms with Crippen LogP contribution in [0.3, 0.4) is 0 Å². The molecule has 1 aliphatic heterocycles. The van der Waals surface area contributed by atoms with Gasteiger partial charge in [0.15, 0.2) is 0 Å². The Kier molecular flexibility index (Phi) is 7.53. The summed E-state index contributed by atoms with van der Waals surface area (Å²) in [6.45, 7) is 4.40. The number of nitrogens with one attached hydrogen (secondary N) is 2. The van der Waals surface area contributed by atoms with E-state index >= 15 is 0 Å². The van der Waals surface area contributed by atoms with Crippen molar-refractivity contribution >= 4 is 6.03 Å². The van der Waals surface area contributed by atoms with Crippen molar-refractivity contribution in [2.75, 3.05) is 26.2 Å². The molecule has 1 saturated heterocycles. The number of benzene rings is 1. The number of hydrogen-bond donors (Lipinski definition) is 3. The third-order valence-corrected chi connectivity index (χ3v) is 6.16. The normalized spacial score (nSPS) is 20.9. The molecule has 0 radical (unpaired) electrons. The Morgan fingerprint density at radius 1 is 1.07 bits per heavy atom. The standard InChI is InChI=1S/C22H35N3O2/c26-21(24-18-22(27)12-5-2-6-13-22)23-14-9-19-10-15-25(16-11-19)17-20-7-3-1-4-8-20/h1,3-4,7-8,19,27H,2,5-6,9-18H2,(H2,23,24,26). The molecular formula is C22H35N3O2. The quantitative estimate of drug-likeness (QED) is 0.687. The van der Waals surface area contributed by atoms with E-state index < -0.39 is 5.60 Å². The first kappa shape index (κ1) is 20.2. The van der Waals surface area contributed by atoms with Gasteiger partial charge in [0.25, 0.3) is 0 Å². The van der Waals surface area contributed by atoms with Crippen LogP contribution in [0.2, 0.25) is 0 Å². The molecule has 3 N–H and O–H groups in total. The predicted molar refractivity (Wildman–Crippen MR) is 108 cm³/mol. The minimum absolute atomic E-state index is 0.143. The Morgan fingerprint density at radius 3 is 2.48 bits per heavy atom. The van der Waals surface area contributed by atoms with Crippen LogP contribution in [0, 0.1) is 5.92 Å². The van der Waals surface area contributed by atoms with Crippen molar-refractivity contribution in [2.45, 2.75) is 63.5 Å². The zero-order chi connectivity index (χ0) is 19.0. The number of aliphatic hydroxyl groups is 1. The highest BCUT2D eigenvalue weighted by atomic mass is 16.3. The van der Waals surface area contributed by atoms with Gasteiger partial charge in [0.2, 0.25) is 0 Å². The summed E-state index contributed by atoms with van der Waals surface area (Å²) in [7, 11) is 0. The summed E-state index contributed by atoms with van der Waals surface area (Å²) in [5.41, 5.74) is 0.690. The van der Waals surface area contributed by atoms with E-state index in [9.17, 15) is 9.90 Å². The molecule has 1 aromatic rings. The molecule has 1 aliphatic carbocycles. The Morgan fingerprint density at radius 2 is 1.78 bits per heavy atom. The summed E-state index contributed by atoms with van der Waals surface area (Å²) in [5.74, 6) is 0.694. The van der Waals surface area contributed by atoms with Crippen LogP contribution in [0.15, 0.2) is 30.3 Å². The average molecular weight is 374 g/mol. The average Bonchev–Trinajstić information content (AvgIpc) is 2.69. The maximum Gasteiger partial charge on any atom is 0.314 e. The highest BCUT2D eigenvalue weighted by Gasteiger charge is 2.29. The molecular weight excluding hydrogens is 338 g/mol. The SMILES string of the molecule is O=C(NCCC1CCN(Cc2ccccc2)CC1)NCC1(O)CCCCC1. The van der Waals surface area contributed by atoms with Crippen LogP contribution >= 0.6 is 0 Å². The van der Waals surface area contributed by atoms with Crippen LogP contribution in [0.4, 0.5) is 4.79 Å². The van der Waals surface area contributed by atoms with E-state index in [-0.39, 0.29) is 6.03 Å². The van der Waals surface area contributed by atoms with E-state index in [1.54, 1.807) is 0 Å². The van der Waals surface area contributed by atoms with Crippen molar-refractivity contribution in [1.82, 2.24) is 15.5 Å². The fraction of sp³-hybridized carbons (Fsp3) is 0.682. The lowest BCUT2D eigenvalue weighted by Crippen LogP contribution is -2.47. The monoisotopic (exact) mass is 373 g/mol. The molecule has 0 bridgehead atoms. The fourth-order valence-electron chi connectivity index (χ4n) is 4.36. The largest absolute Gasteiger partial charge is 0.388 e. The van der Waals surface area contributed by atoms with Crippen LogP contribution in [0.25, 0.3) is 0 Å². The minimum atomic E-state index is -0.693. The van der Waals surface area contributed by atoms with Gasteiger partial charge in [0, 0.05) is 19.6 Å². The fourth-order valence-corrected chi connectivity index (χ4v) is 4.36. The Bertz CT molecular complexity index is 564. The zero-order valence-corrected chi connectivity index (χ0v) is 16.5. The Balaban J connectivity index is 1.26. The van der Waals surface area contributed by atoms with Crippen LogP contribution in [-0.4, -0.2) is 47.8 Å².